The average molecular weight is 264 g/mol. The second-order valence-electron chi connectivity index (χ2n) is 5.00. The second kappa shape index (κ2) is 4.02. The maximum atomic E-state index is 11.4. The molecule has 1 aliphatic heterocycles. The van der Waals surface area contributed by atoms with Crippen LogP contribution in [0.5, 0.6) is 0 Å². The molecule has 1 aliphatic carbocycles. The number of halogens is 1. The molecule has 0 unspecified atom stereocenters. The largest absolute Gasteiger partial charge is 0.480 e. The van der Waals surface area contributed by atoms with Crippen LogP contribution in [0.3, 0.4) is 0 Å². The van der Waals surface area contributed by atoms with Crippen molar-refractivity contribution in [3.63, 3.8) is 0 Å². The monoisotopic (exact) mass is 263 g/mol. The molecule has 2 aliphatic rings. The normalized spacial score (nSPS) is 28.4. The quantitative estimate of drug-likeness (QED) is 0.765. The van der Waals surface area contributed by atoms with E-state index in [1.165, 1.54) is 0 Å². The Kier molecular flexibility index (Phi) is 2.59. The van der Waals surface area contributed by atoms with E-state index in [9.17, 15) is 9.90 Å². The highest BCUT2D eigenvalue weighted by molar-refractivity contribution is 6.30. The number of aryl methyl sites for hydroxylation is 1. The van der Waals surface area contributed by atoms with Crippen molar-refractivity contribution in [1.29, 1.82) is 0 Å². The number of allylic oxidation sites excluding steroid dienone is 2. The third kappa shape index (κ3) is 1.62. The average Bonchev–Trinajstić information content (AvgIpc) is 2.76. The molecule has 0 bridgehead atoms. The van der Waals surface area contributed by atoms with Crippen molar-refractivity contribution in [2.45, 2.75) is 25.3 Å². The van der Waals surface area contributed by atoms with Crippen LogP contribution in [0, 0.1) is 12.8 Å². The van der Waals surface area contributed by atoms with Gasteiger partial charge in [0.1, 0.15) is 6.04 Å². The van der Waals surface area contributed by atoms with Crippen LogP contribution in [0.2, 0.25) is 5.02 Å². The fraction of sp³-hybridized carbons (Fsp3) is 0.357. The van der Waals surface area contributed by atoms with Gasteiger partial charge in [-0.05, 0) is 36.6 Å². The van der Waals surface area contributed by atoms with Gasteiger partial charge in [-0.15, -0.1) is 0 Å². The Morgan fingerprint density at radius 1 is 1.50 bits per heavy atom. The number of anilines is 1. The van der Waals surface area contributed by atoms with Gasteiger partial charge < -0.3 is 10.4 Å². The topological polar surface area (TPSA) is 49.3 Å². The fourth-order valence-electron chi connectivity index (χ4n) is 3.09. The van der Waals surface area contributed by atoms with E-state index < -0.39 is 12.0 Å². The Hall–Kier alpha value is -1.48. The molecule has 94 valence electrons. The fourth-order valence-corrected chi connectivity index (χ4v) is 3.37. The van der Waals surface area contributed by atoms with Gasteiger partial charge in [0.25, 0.3) is 0 Å². The number of carboxylic acid groups (broad SMARTS) is 1. The highest BCUT2D eigenvalue weighted by Gasteiger charge is 2.41. The zero-order chi connectivity index (χ0) is 12.9. The summed E-state index contributed by atoms with van der Waals surface area (Å²) in [5, 5.41) is 13.2. The number of nitrogens with one attached hydrogen (secondary N) is 1. The van der Waals surface area contributed by atoms with E-state index in [1.54, 1.807) is 0 Å². The van der Waals surface area contributed by atoms with Crippen molar-refractivity contribution in [3.05, 3.63) is 40.4 Å². The van der Waals surface area contributed by atoms with E-state index in [0.29, 0.717) is 5.02 Å². The molecule has 4 heteroatoms. The molecule has 2 N–H and O–H groups in total. The zero-order valence-corrected chi connectivity index (χ0v) is 10.7. The van der Waals surface area contributed by atoms with Crippen LogP contribution in [-0.2, 0) is 4.79 Å². The molecule has 0 radical (unpaired) electrons. The van der Waals surface area contributed by atoms with E-state index >= 15 is 0 Å². The maximum absolute atomic E-state index is 11.4. The van der Waals surface area contributed by atoms with Crippen molar-refractivity contribution >= 4 is 23.3 Å². The van der Waals surface area contributed by atoms with Crippen LogP contribution in [0.15, 0.2) is 24.3 Å². The summed E-state index contributed by atoms with van der Waals surface area (Å²) >= 11 is 6.10. The first kappa shape index (κ1) is 11.6. The van der Waals surface area contributed by atoms with E-state index in [2.05, 4.69) is 17.5 Å². The molecule has 1 aromatic carbocycles. The smallest absolute Gasteiger partial charge is 0.326 e. The predicted octanol–water partition coefficient (Wildman–Crippen LogP) is 3.19. The molecule has 0 saturated heterocycles. The summed E-state index contributed by atoms with van der Waals surface area (Å²) in [5.74, 6) is -0.527. The number of hydrogen-bond acceptors (Lipinski definition) is 2. The Morgan fingerprint density at radius 2 is 2.28 bits per heavy atom. The lowest BCUT2D eigenvalue weighted by molar-refractivity contribution is -0.139. The Morgan fingerprint density at radius 3 is 3.00 bits per heavy atom. The summed E-state index contributed by atoms with van der Waals surface area (Å²) in [4.78, 5) is 11.4. The van der Waals surface area contributed by atoms with Crippen LogP contribution >= 0.6 is 11.6 Å². The van der Waals surface area contributed by atoms with E-state index in [0.717, 1.165) is 23.2 Å². The van der Waals surface area contributed by atoms with Gasteiger partial charge >= 0.3 is 5.97 Å². The Labute approximate surface area is 110 Å². The van der Waals surface area contributed by atoms with Crippen LogP contribution in [-0.4, -0.2) is 17.1 Å². The number of aliphatic carboxylic acids is 1. The van der Waals surface area contributed by atoms with Crippen LogP contribution < -0.4 is 5.32 Å². The lowest BCUT2D eigenvalue weighted by Gasteiger charge is -2.35. The molecule has 0 aromatic heterocycles. The van der Waals surface area contributed by atoms with Crippen LogP contribution in [0.1, 0.15) is 23.5 Å². The van der Waals surface area contributed by atoms with Gasteiger partial charge in [0.15, 0.2) is 0 Å². The van der Waals surface area contributed by atoms with Crippen molar-refractivity contribution in [3.8, 4) is 0 Å². The minimum absolute atomic E-state index is 0.0906. The molecule has 3 nitrogen and oxygen atoms in total. The number of benzene rings is 1. The summed E-state index contributed by atoms with van der Waals surface area (Å²) in [5.41, 5.74) is 3.05. The molecule has 3 rings (SSSR count). The molecule has 1 heterocycles. The standard InChI is InChI=1S/C14H14ClNO2/c1-7-5-8(15)6-11-9-3-2-4-10(9)13(14(17)18)16-12(7)11/h2-3,5-6,9-10,13,16H,4H2,1H3,(H,17,18)/t9-,10+,13-/m1/s1. The van der Waals surface area contributed by atoms with Gasteiger partial charge in [-0.25, -0.2) is 4.79 Å². The summed E-state index contributed by atoms with van der Waals surface area (Å²) in [6, 6.07) is 3.30. The third-order valence-corrected chi connectivity index (χ3v) is 4.12. The van der Waals surface area contributed by atoms with Crippen molar-refractivity contribution in [1.82, 2.24) is 0 Å². The molecule has 0 saturated carbocycles. The highest BCUT2D eigenvalue weighted by atomic mass is 35.5. The molecule has 0 spiro atoms. The molecule has 3 atom stereocenters. The van der Waals surface area contributed by atoms with Gasteiger partial charge in [-0.1, -0.05) is 23.8 Å². The number of fused-ring (bicyclic) bond motifs is 3. The second-order valence-corrected chi connectivity index (χ2v) is 5.44. The minimum atomic E-state index is -0.784. The van der Waals surface area contributed by atoms with Gasteiger partial charge in [-0.3, -0.25) is 0 Å². The predicted molar refractivity (Wildman–Crippen MR) is 71.2 cm³/mol. The molecular formula is C14H14ClNO2. The molecule has 18 heavy (non-hydrogen) atoms. The highest BCUT2D eigenvalue weighted by Crippen LogP contribution is 2.46. The van der Waals surface area contributed by atoms with Crippen molar-refractivity contribution in [2.24, 2.45) is 5.92 Å². The third-order valence-electron chi connectivity index (χ3n) is 3.90. The van der Waals surface area contributed by atoms with Gasteiger partial charge in [0, 0.05) is 22.5 Å². The first-order valence-electron chi connectivity index (χ1n) is 6.04. The molecule has 1 aromatic rings. The Bertz CT molecular complexity index is 553. The first-order chi connectivity index (χ1) is 8.58. The minimum Gasteiger partial charge on any atom is -0.480 e. The van der Waals surface area contributed by atoms with Gasteiger partial charge in [-0.2, -0.15) is 0 Å². The van der Waals surface area contributed by atoms with Gasteiger partial charge in [0.05, 0.1) is 0 Å². The lowest BCUT2D eigenvalue weighted by atomic mass is 9.78. The molecule has 0 fully saturated rings. The van der Waals surface area contributed by atoms with E-state index in [4.69, 9.17) is 11.6 Å². The number of carbonyl (C=O) groups is 1. The van der Waals surface area contributed by atoms with Gasteiger partial charge in [0.2, 0.25) is 0 Å². The molecule has 0 amide bonds. The number of carboxylic acids is 1. The van der Waals surface area contributed by atoms with Crippen LogP contribution in [0.25, 0.3) is 0 Å². The zero-order valence-electron chi connectivity index (χ0n) is 9.98. The molecular weight excluding hydrogens is 250 g/mol. The van der Waals surface area contributed by atoms with E-state index in [-0.39, 0.29) is 11.8 Å². The lowest BCUT2D eigenvalue weighted by Crippen LogP contribution is -2.42. The number of hydrogen-bond donors (Lipinski definition) is 2. The summed E-state index contributed by atoms with van der Waals surface area (Å²) < 4.78 is 0. The summed E-state index contributed by atoms with van der Waals surface area (Å²) in [6.07, 6.45) is 4.98. The maximum Gasteiger partial charge on any atom is 0.326 e. The van der Waals surface area contributed by atoms with Crippen molar-refractivity contribution in [2.75, 3.05) is 5.32 Å². The Balaban J connectivity index is 2.14. The summed E-state index contributed by atoms with van der Waals surface area (Å²) in [7, 11) is 0. The van der Waals surface area contributed by atoms with Crippen LogP contribution in [0.4, 0.5) is 5.69 Å². The summed E-state index contributed by atoms with van der Waals surface area (Å²) in [6.45, 7) is 1.95. The SMILES string of the molecule is Cc1cc(Cl)cc2c1N[C@@H](C(=O)O)[C@H]1CC=C[C@@H]21. The van der Waals surface area contributed by atoms with Crippen molar-refractivity contribution < 1.29 is 9.90 Å². The first-order valence-corrected chi connectivity index (χ1v) is 6.42. The van der Waals surface area contributed by atoms with E-state index in [1.807, 2.05) is 19.1 Å². The number of rotatable bonds is 1.